The number of halogens is 1. The molecule has 1 heterocycles. The van der Waals surface area contributed by atoms with E-state index in [-0.39, 0.29) is 10.7 Å². The Morgan fingerprint density at radius 3 is 2.56 bits per heavy atom. The Morgan fingerprint density at radius 2 is 1.92 bits per heavy atom. The number of amides is 2. The summed E-state index contributed by atoms with van der Waals surface area (Å²) in [5.41, 5.74) is 0.707. The summed E-state index contributed by atoms with van der Waals surface area (Å²) >= 11 is 7.35. The molecule has 0 unspecified atom stereocenters. The van der Waals surface area contributed by atoms with Crippen LogP contribution >= 0.6 is 23.4 Å². The van der Waals surface area contributed by atoms with Gasteiger partial charge in [0.15, 0.2) is 0 Å². The van der Waals surface area contributed by atoms with Gasteiger partial charge < -0.3 is 4.74 Å². The van der Waals surface area contributed by atoms with Crippen molar-refractivity contribution in [3.8, 4) is 0 Å². The number of ether oxygens (including phenoxy) is 1. The van der Waals surface area contributed by atoms with Gasteiger partial charge >= 0.3 is 6.09 Å². The number of carbonyl (C=O) groups excluding carboxylic acids is 2. The van der Waals surface area contributed by atoms with E-state index < -0.39 is 17.6 Å². The summed E-state index contributed by atoms with van der Waals surface area (Å²) in [6, 6.07) is 11.3. The van der Waals surface area contributed by atoms with Crippen LogP contribution in [-0.4, -0.2) is 22.6 Å². The highest BCUT2D eigenvalue weighted by Crippen LogP contribution is 2.27. The highest BCUT2D eigenvalue weighted by atomic mass is 35.5. The third kappa shape index (κ3) is 6.40. The maximum Gasteiger partial charge on any atom is 0.414 e. The summed E-state index contributed by atoms with van der Waals surface area (Å²) in [4.78, 5) is 28.9. The Morgan fingerprint density at radius 1 is 1.24 bits per heavy atom. The normalized spacial score (nSPS) is 11.0. The van der Waals surface area contributed by atoms with Gasteiger partial charge in [-0.3, -0.25) is 10.1 Å². The number of hydrogen-bond acceptors (Lipinski definition) is 5. The van der Waals surface area contributed by atoms with Crippen molar-refractivity contribution in [2.45, 2.75) is 37.0 Å². The van der Waals surface area contributed by atoms with Crippen LogP contribution in [0.25, 0.3) is 0 Å². The van der Waals surface area contributed by atoms with E-state index in [2.05, 4.69) is 10.3 Å². The van der Waals surface area contributed by atoms with Gasteiger partial charge in [-0.1, -0.05) is 41.9 Å². The van der Waals surface area contributed by atoms with Crippen molar-refractivity contribution < 1.29 is 14.3 Å². The van der Waals surface area contributed by atoms with Gasteiger partial charge in [-0.2, -0.15) is 0 Å². The summed E-state index contributed by atoms with van der Waals surface area (Å²) in [6.07, 6.45) is 0.726. The van der Waals surface area contributed by atoms with Crippen molar-refractivity contribution in [2.75, 3.05) is 0 Å². The fourth-order valence-corrected chi connectivity index (χ4v) is 3.02. The first-order valence-corrected chi connectivity index (χ1v) is 8.97. The molecular weight excluding hydrogens is 360 g/mol. The third-order valence-corrected chi connectivity index (χ3v) is 4.25. The van der Waals surface area contributed by atoms with Crippen LogP contribution in [0, 0.1) is 0 Å². The lowest BCUT2D eigenvalue weighted by Crippen LogP contribution is -2.36. The molecule has 0 saturated heterocycles. The molecule has 0 atom stereocenters. The van der Waals surface area contributed by atoms with Gasteiger partial charge in [0.1, 0.15) is 10.8 Å². The van der Waals surface area contributed by atoms with Gasteiger partial charge in [-0.15, -0.1) is 11.8 Å². The second kappa shape index (κ2) is 8.36. The number of thioether (sulfide) groups is 1. The van der Waals surface area contributed by atoms with Crippen LogP contribution in [0.2, 0.25) is 5.15 Å². The minimum absolute atomic E-state index is 0.179. The zero-order valence-electron chi connectivity index (χ0n) is 14.2. The van der Waals surface area contributed by atoms with Gasteiger partial charge in [0.25, 0.3) is 5.91 Å². The topological polar surface area (TPSA) is 68.3 Å². The number of pyridine rings is 1. The highest BCUT2D eigenvalue weighted by Gasteiger charge is 2.21. The lowest BCUT2D eigenvalue weighted by atomic mass is 10.2. The molecule has 7 heteroatoms. The van der Waals surface area contributed by atoms with Gasteiger partial charge in [0.2, 0.25) is 0 Å². The second-order valence-corrected chi connectivity index (χ2v) is 7.64. The van der Waals surface area contributed by atoms with Crippen LogP contribution in [0.15, 0.2) is 47.5 Å². The van der Waals surface area contributed by atoms with E-state index in [0.717, 1.165) is 5.56 Å². The molecule has 2 aromatic rings. The molecule has 0 aliphatic heterocycles. The zero-order chi connectivity index (χ0) is 18.4. The summed E-state index contributed by atoms with van der Waals surface area (Å²) < 4.78 is 5.10. The SMILES string of the molecule is CC(C)(C)OC(=O)NC(=O)c1cc(Cl)ncc1SCc1ccccc1. The smallest absolute Gasteiger partial charge is 0.414 e. The molecule has 0 saturated carbocycles. The van der Waals surface area contributed by atoms with Crippen molar-refractivity contribution in [1.29, 1.82) is 0 Å². The number of benzene rings is 1. The molecule has 0 bridgehead atoms. The summed E-state index contributed by atoms with van der Waals surface area (Å²) in [7, 11) is 0. The first-order valence-electron chi connectivity index (χ1n) is 7.61. The number of nitrogens with zero attached hydrogens (tertiary/aromatic N) is 1. The molecule has 5 nitrogen and oxygen atoms in total. The molecule has 0 fully saturated rings. The Balaban J connectivity index is 2.12. The summed E-state index contributed by atoms with van der Waals surface area (Å²) in [5, 5.41) is 2.40. The van der Waals surface area contributed by atoms with E-state index in [1.54, 1.807) is 20.8 Å². The number of imide groups is 1. The minimum Gasteiger partial charge on any atom is -0.444 e. The van der Waals surface area contributed by atoms with Crippen molar-refractivity contribution in [1.82, 2.24) is 10.3 Å². The Bertz CT molecular complexity index is 761. The van der Waals surface area contributed by atoms with Crippen LogP contribution in [0.3, 0.4) is 0 Å². The Kier molecular flexibility index (Phi) is 6.45. The molecule has 0 aliphatic carbocycles. The number of aromatic nitrogens is 1. The number of alkyl carbamates (subject to hydrolysis) is 1. The molecule has 2 amide bonds. The summed E-state index contributed by atoms with van der Waals surface area (Å²) in [6.45, 7) is 5.17. The molecule has 25 heavy (non-hydrogen) atoms. The lowest BCUT2D eigenvalue weighted by Gasteiger charge is -2.19. The van der Waals surface area contributed by atoms with E-state index >= 15 is 0 Å². The van der Waals surface area contributed by atoms with Gasteiger partial charge in [-0.05, 0) is 32.4 Å². The maximum atomic E-state index is 12.4. The Hall–Kier alpha value is -2.05. The monoisotopic (exact) mass is 378 g/mol. The van der Waals surface area contributed by atoms with Crippen molar-refractivity contribution in [2.24, 2.45) is 0 Å². The van der Waals surface area contributed by atoms with E-state index in [1.807, 2.05) is 30.3 Å². The fraction of sp³-hybridized carbons (Fsp3) is 0.278. The van der Waals surface area contributed by atoms with Crippen LogP contribution in [-0.2, 0) is 10.5 Å². The van der Waals surface area contributed by atoms with Crippen molar-refractivity contribution >= 4 is 35.4 Å². The lowest BCUT2D eigenvalue weighted by molar-refractivity contribution is 0.0508. The van der Waals surface area contributed by atoms with Gasteiger partial charge in [-0.25, -0.2) is 9.78 Å². The average molecular weight is 379 g/mol. The first-order chi connectivity index (χ1) is 11.7. The van der Waals surface area contributed by atoms with Crippen LogP contribution in [0.4, 0.5) is 4.79 Å². The van der Waals surface area contributed by atoms with E-state index in [9.17, 15) is 9.59 Å². The number of nitrogens with one attached hydrogen (secondary N) is 1. The first kappa shape index (κ1) is 19.3. The molecular formula is C18H19ClN2O3S. The number of hydrogen-bond donors (Lipinski definition) is 1. The Labute approximate surface area is 156 Å². The molecule has 1 aromatic carbocycles. The second-order valence-electron chi connectivity index (χ2n) is 6.23. The van der Waals surface area contributed by atoms with Crippen molar-refractivity contribution in [3.63, 3.8) is 0 Å². The number of carbonyl (C=O) groups is 2. The molecule has 0 spiro atoms. The quantitative estimate of drug-likeness (QED) is 0.617. The molecule has 1 aromatic heterocycles. The highest BCUT2D eigenvalue weighted by molar-refractivity contribution is 7.98. The largest absolute Gasteiger partial charge is 0.444 e. The molecule has 132 valence electrons. The predicted octanol–water partition coefficient (Wildman–Crippen LogP) is 4.69. The predicted molar refractivity (Wildman–Crippen MR) is 99.0 cm³/mol. The summed E-state index contributed by atoms with van der Waals surface area (Å²) in [5.74, 6) is 0.0887. The minimum atomic E-state index is -0.801. The van der Waals surface area contributed by atoms with Crippen LogP contribution in [0.1, 0.15) is 36.7 Å². The third-order valence-electron chi connectivity index (χ3n) is 2.93. The fourth-order valence-electron chi connectivity index (χ4n) is 1.91. The maximum absolute atomic E-state index is 12.4. The number of rotatable bonds is 4. The molecule has 0 radical (unpaired) electrons. The van der Waals surface area contributed by atoms with E-state index in [4.69, 9.17) is 16.3 Å². The molecule has 2 rings (SSSR count). The van der Waals surface area contributed by atoms with Crippen LogP contribution in [0.5, 0.6) is 0 Å². The molecule has 1 N–H and O–H groups in total. The van der Waals surface area contributed by atoms with Gasteiger partial charge in [0, 0.05) is 16.8 Å². The van der Waals surface area contributed by atoms with Crippen molar-refractivity contribution in [3.05, 3.63) is 58.9 Å². The van der Waals surface area contributed by atoms with E-state index in [0.29, 0.717) is 10.6 Å². The average Bonchev–Trinajstić information content (AvgIpc) is 2.52. The molecule has 0 aliphatic rings. The zero-order valence-corrected chi connectivity index (χ0v) is 15.8. The van der Waals surface area contributed by atoms with Gasteiger partial charge in [0.05, 0.1) is 5.56 Å². The van der Waals surface area contributed by atoms with Crippen LogP contribution < -0.4 is 5.32 Å². The van der Waals surface area contributed by atoms with E-state index in [1.165, 1.54) is 24.0 Å². The standard InChI is InChI=1S/C18H19ClN2O3S/c1-18(2,3)24-17(23)21-16(22)13-9-15(19)20-10-14(13)25-11-12-7-5-4-6-8-12/h4-10H,11H2,1-3H3,(H,21,22,23).